The van der Waals surface area contributed by atoms with Crippen LogP contribution in [-0.2, 0) is 4.79 Å². The Morgan fingerprint density at radius 3 is 2.00 bits per heavy atom. The van der Waals surface area contributed by atoms with E-state index in [9.17, 15) is 4.79 Å². The predicted octanol–water partition coefficient (Wildman–Crippen LogP) is 2.53. The second-order valence-corrected chi connectivity index (χ2v) is 5.72. The number of carbonyl (C=O) groups is 1. The minimum atomic E-state index is -0.599. The number of carboxylic acid groups (broad SMARTS) is 1. The maximum atomic E-state index is 11.1. The lowest BCUT2D eigenvalue weighted by Crippen LogP contribution is -2.55. The van der Waals surface area contributed by atoms with Crippen LogP contribution in [-0.4, -0.2) is 11.1 Å². The van der Waals surface area contributed by atoms with Gasteiger partial charge in [0.2, 0.25) is 0 Å². The Labute approximate surface area is 79.3 Å². The lowest BCUT2D eigenvalue weighted by Gasteiger charge is -2.61. The first-order chi connectivity index (χ1) is 5.86. The summed E-state index contributed by atoms with van der Waals surface area (Å²) in [6.07, 6.45) is 3.02. The molecule has 3 fully saturated rings. The molecule has 0 radical (unpaired) electrons. The van der Waals surface area contributed by atoms with Gasteiger partial charge in [0.1, 0.15) is 0 Å². The van der Waals surface area contributed by atoms with Crippen molar-refractivity contribution in [3.63, 3.8) is 0 Å². The zero-order valence-corrected chi connectivity index (χ0v) is 8.63. The van der Waals surface area contributed by atoms with Crippen molar-refractivity contribution in [1.29, 1.82) is 0 Å². The third-order valence-electron chi connectivity index (χ3n) is 4.58. The molecule has 0 aromatic heterocycles. The second-order valence-electron chi connectivity index (χ2n) is 5.72. The van der Waals surface area contributed by atoms with Crippen molar-refractivity contribution in [1.82, 2.24) is 0 Å². The van der Waals surface area contributed by atoms with Crippen LogP contribution >= 0.6 is 0 Å². The summed E-state index contributed by atoms with van der Waals surface area (Å²) < 4.78 is 0. The third-order valence-corrected chi connectivity index (χ3v) is 4.58. The van der Waals surface area contributed by atoms with Crippen LogP contribution in [0.2, 0.25) is 0 Å². The molecule has 3 rings (SSSR count). The molecule has 2 nitrogen and oxygen atoms in total. The van der Waals surface area contributed by atoms with Crippen LogP contribution in [0.3, 0.4) is 0 Å². The van der Waals surface area contributed by atoms with Gasteiger partial charge in [-0.1, -0.05) is 13.8 Å². The van der Waals surface area contributed by atoms with Crippen LogP contribution in [0.1, 0.15) is 40.0 Å². The molecule has 3 saturated carbocycles. The minimum absolute atomic E-state index is 0.412. The summed E-state index contributed by atoms with van der Waals surface area (Å²) in [5.74, 6) is 0.692. The van der Waals surface area contributed by atoms with Crippen LogP contribution in [0.4, 0.5) is 0 Å². The lowest BCUT2D eigenvalue weighted by molar-refractivity contribution is -0.171. The molecule has 2 atom stereocenters. The average molecular weight is 182 g/mol. The average Bonchev–Trinajstić information content (AvgIpc) is 2.04. The van der Waals surface area contributed by atoms with Gasteiger partial charge in [0.05, 0.1) is 5.41 Å². The molecule has 0 amide bonds. The fraction of sp³-hybridized carbons (Fsp3) is 0.909. The van der Waals surface area contributed by atoms with Crippen LogP contribution < -0.4 is 0 Å². The van der Waals surface area contributed by atoms with Gasteiger partial charge in [-0.2, -0.15) is 0 Å². The third kappa shape index (κ3) is 1.04. The lowest BCUT2D eigenvalue weighted by atomic mass is 9.43. The Bertz CT molecular complexity index is 241. The maximum Gasteiger partial charge on any atom is 0.309 e. The zero-order chi connectivity index (χ0) is 9.85. The zero-order valence-electron chi connectivity index (χ0n) is 8.63. The van der Waals surface area contributed by atoms with Crippen LogP contribution in [0.5, 0.6) is 0 Å². The van der Waals surface area contributed by atoms with E-state index in [1.54, 1.807) is 0 Å². The highest BCUT2D eigenvalue weighted by molar-refractivity contribution is 5.74. The van der Waals surface area contributed by atoms with E-state index in [1.807, 2.05) is 6.92 Å². The van der Waals surface area contributed by atoms with E-state index >= 15 is 0 Å². The molecule has 2 bridgehead atoms. The summed E-state index contributed by atoms with van der Waals surface area (Å²) in [4.78, 5) is 11.1. The quantitative estimate of drug-likeness (QED) is 0.676. The predicted molar refractivity (Wildman–Crippen MR) is 50.4 cm³/mol. The van der Waals surface area contributed by atoms with E-state index in [-0.39, 0.29) is 0 Å². The molecular weight excluding hydrogens is 164 g/mol. The van der Waals surface area contributed by atoms with Gasteiger partial charge >= 0.3 is 5.97 Å². The van der Waals surface area contributed by atoms with Crippen molar-refractivity contribution >= 4 is 5.97 Å². The molecule has 13 heavy (non-hydrogen) atoms. The van der Waals surface area contributed by atoms with Gasteiger partial charge in [-0.05, 0) is 43.4 Å². The molecule has 0 spiro atoms. The van der Waals surface area contributed by atoms with Gasteiger partial charge in [-0.15, -0.1) is 0 Å². The molecule has 0 heterocycles. The molecule has 74 valence electrons. The van der Waals surface area contributed by atoms with Gasteiger partial charge in [-0.3, -0.25) is 4.79 Å². The first-order valence-electron chi connectivity index (χ1n) is 5.10. The van der Waals surface area contributed by atoms with Crippen molar-refractivity contribution in [2.45, 2.75) is 40.0 Å². The standard InChI is InChI=1S/C11H18O2/c1-10(2)7-4-8(10)6-11(3,5-7)9(12)13/h7-8H,4-6H2,1-3H3,(H,12,13). The maximum absolute atomic E-state index is 11.1. The van der Waals surface area contributed by atoms with Crippen molar-refractivity contribution in [3.05, 3.63) is 0 Å². The molecule has 2 unspecified atom stereocenters. The monoisotopic (exact) mass is 182 g/mol. The second kappa shape index (κ2) is 2.28. The first kappa shape index (κ1) is 9.04. The highest BCUT2D eigenvalue weighted by Gasteiger charge is 2.58. The molecular formula is C11H18O2. The van der Waals surface area contributed by atoms with E-state index in [0.29, 0.717) is 17.3 Å². The van der Waals surface area contributed by atoms with E-state index in [0.717, 1.165) is 12.8 Å². The Hall–Kier alpha value is -0.530. The summed E-state index contributed by atoms with van der Waals surface area (Å²) in [6.45, 7) is 6.48. The van der Waals surface area contributed by atoms with Gasteiger partial charge in [-0.25, -0.2) is 0 Å². The molecule has 0 aromatic rings. The Morgan fingerprint density at radius 1 is 1.23 bits per heavy atom. The van der Waals surface area contributed by atoms with E-state index in [4.69, 9.17) is 5.11 Å². The molecule has 3 aliphatic carbocycles. The Kier molecular flexibility index (Phi) is 1.59. The Balaban J connectivity index is 2.16. The topological polar surface area (TPSA) is 37.3 Å². The van der Waals surface area contributed by atoms with Gasteiger partial charge < -0.3 is 5.11 Å². The molecule has 1 N–H and O–H groups in total. The van der Waals surface area contributed by atoms with E-state index in [2.05, 4.69) is 13.8 Å². The normalized spacial score (nSPS) is 46.7. The minimum Gasteiger partial charge on any atom is -0.481 e. The summed E-state index contributed by atoms with van der Waals surface area (Å²) in [5, 5.41) is 9.11. The van der Waals surface area contributed by atoms with Crippen molar-refractivity contribution in [2.24, 2.45) is 22.7 Å². The summed E-state index contributed by atoms with van der Waals surface area (Å²) in [7, 11) is 0. The SMILES string of the molecule is CC1(C(=O)O)CC2CC(C1)C2(C)C. The highest BCUT2D eigenvalue weighted by atomic mass is 16.4. The van der Waals surface area contributed by atoms with Gasteiger partial charge in [0.25, 0.3) is 0 Å². The first-order valence-corrected chi connectivity index (χ1v) is 5.10. The van der Waals surface area contributed by atoms with Crippen molar-refractivity contribution < 1.29 is 9.90 Å². The molecule has 0 aromatic carbocycles. The van der Waals surface area contributed by atoms with Crippen molar-refractivity contribution in [2.75, 3.05) is 0 Å². The number of hydrogen-bond donors (Lipinski definition) is 1. The highest BCUT2D eigenvalue weighted by Crippen LogP contribution is 2.63. The number of aliphatic carboxylic acids is 1. The smallest absolute Gasteiger partial charge is 0.309 e. The number of carboxylic acids is 1. The fourth-order valence-electron chi connectivity index (χ4n) is 3.16. The molecule has 3 aliphatic rings. The number of fused-ring (bicyclic) bond motifs is 2. The summed E-state index contributed by atoms with van der Waals surface area (Å²) >= 11 is 0. The Morgan fingerprint density at radius 2 is 1.69 bits per heavy atom. The fourth-order valence-corrected chi connectivity index (χ4v) is 3.16. The largest absolute Gasteiger partial charge is 0.481 e. The van der Waals surface area contributed by atoms with E-state index < -0.39 is 11.4 Å². The van der Waals surface area contributed by atoms with E-state index in [1.165, 1.54) is 6.42 Å². The molecule has 2 heteroatoms. The van der Waals surface area contributed by atoms with Crippen LogP contribution in [0, 0.1) is 22.7 Å². The van der Waals surface area contributed by atoms with Crippen LogP contribution in [0.25, 0.3) is 0 Å². The molecule has 0 saturated heterocycles. The molecule has 0 aliphatic heterocycles. The van der Waals surface area contributed by atoms with Crippen LogP contribution in [0.15, 0.2) is 0 Å². The van der Waals surface area contributed by atoms with Crippen molar-refractivity contribution in [3.8, 4) is 0 Å². The van der Waals surface area contributed by atoms with Gasteiger partial charge in [0, 0.05) is 0 Å². The summed E-state index contributed by atoms with van der Waals surface area (Å²) in [5.41, 5.74) is -0.0158. The summed E-state index contributed by atoms with van der Waals surface area (Å²) in [6, 6.07) is 0. The van der Waals surface area contributed by atoms with Gasteiger partial charge in [0.15, 0.2) is 0 Å². The number of rotatable bonds is 1. The number of hydrogen-bond acceptors (Lipinski definition) is 1.